The van der Waals surface area contributed by atoms with Crippen molar-refractivity contribution in [2.45, 2.75) is 45.1 Å². The van der Waals surface area contributed by atoms with Crippen molar-refractivity contribution in [2.75, 3.05) is 5.75 Å². The predicted molar refractivity (Wildman–Crippen MR) is 87.7 cm³/mol. The second kappa shape index (κ2) is 5.24. The zero-order valence-corrected chi connectivity index (χ0v) is 13.1. The molecule has 1 N–H and O–H groups in total. The second-order valence-electron chi connectivity index (χ2n) is 6.45. The first-order chi connectivity index (χ1) is 9.52. The molecule has 1 aromatic carbocycles. The summed E-state index contributed by atoms with van der Waals surface area (Å²) in [5.41, 5.74) is 6.94. The van der Waals surface area contributed by atoms with Gasteiger partial charge in [-0.05, 0) is 29.4 Å². The van der Waals surface area contributed by atoms with Crippen LogP contribution in [0.4, 0.5) is 0 Å². The van der Waals surface area contributed by atoms with Crippen molar-refractivity contribution in [1.29, 1.82) is 0 Å². The van der Waals surface area contributed by atoms with Crippen molar-refractivity contribution in [1.82, 2.24) is 5.43 Å². The predicted octanol–water partition coefficient (Wildman–Crippen LogP) is 3.54. The molecule has 0 bridgehead atoms. The lowest BCUT2D eigenvalue weighted by atomic mass is 9.86. The van der Waals surface area contributed by atoms with Crippen molar-refractivity contribution < 1.29 is 0 Å². The topological polar surface area (TPSA) is 36.8 Å². The van der Waals surface area contributed by atoms with E-state index in [1.165, 1.54) is 24.0 Å². The molecular weight excluding hydrogens is 266 g/mol. The summed E-state index contributed by atoms with van der Waals surface area (Å²) >= 11 is 1.75. The molecule has 0 amide bonds. The van der Waals surface area contributed by atoms with E-state index in [0.717, 1.165) is 16.6 Å². The van der Waals surface area contributed by atoms with E-state index in [2.05, 4.69) is 60.6 Å². The first-order valence-corrected chi connectivity index (χ1v) is 8.15. The summed E-state index contributed by atoms with van der Waals surface area (Å²) in [4.78, 5) is 4.58. The maximum absolute atomic E-state index is 4.58. The van der Waals surface area contributed by atoms with E-state index in [4.69, 9.17) is 0 Å². The summed E-state index contributed by atoms with van der Waals surface area (Å²) < 4.78 is 0. The number of thioether (sulfide) groups is 1. The first-order valence-electron chi connectivity index (χ1n) is 7.16. The van der Waals surface area contributed by atoms with Crippen LogP contribution in [-0.2, 0) is 5.41 Å². The highest BCUT2D eigenvalue weighted by Crippen LogP contribution is 2.26. The Kier molecular flexibility index (Phi) is 3.59. The Bertz CT molecular complexity index is 548. The van der Waals surface area contributed by atoms with Crippen molar-refractivity contribution in [2.24, 2.45) is 10.1 Å². The van der Waals surface area contributed by atoms with Gasteiger partial charge in [-0.3, -0.25) is 10.4 Å². The highest BCUT2D eigenvalue weighted by Gasteiger charge is 2.22. The van der Waals surface area contributed by atoms with Crippen LogP contribution in [0.25, 0.3) is 0 Å². The Morgan fingerprint density at radius 1 is 1.20 bits per heavy atom. The van der Waals surface area contributed by atoms with E-state index in [1.54, 1.807) is 11.8 Å². The summed E-state index contributed by atoms with van der Waals surface area (Å²) in [6, 6.07) is 9.30. The van der Waals surface area contributed by atoms with Crippen LogP contribution in [0.3, 0.4) is 0 Å². The molecule has 1 saturated carbocycles. The Morgan fingerprint density at radius 2 is 1.90 bits per heavy atom. The van der Waals surface area contributed by atoms with E-state index < -0.39 is 0 Å². The molecule has 0 atom stereocenters. The fourth-order valence-corrected chi connectivity index (χ4v) is 2.90. The van der Waals surface area contributed by atoms with E-state index in [0.29, 0.717) is 6.04 Å². The highest BCUT2D eigenvalue weighted by molar-refractivity contribution is 8.14. The third kappa shape index (κ3) is 3.23. The molecule has 1 fully saturated rings. The van der Waals surface area contributed by atoms with Crippen LogP contribution >= 0.6 is 11.8 Å². The molecule has 1 heterocycles. The number of amidine groups is 1. The number of hydrazone groups is 1. The SMILES string of the molecule is CC(C)(C)c1ccc(C2=NNC(=NC3CC3)SC2)cc1. The van der Waals surface area contributed by atoms with E-state index in [-0.39, 0.29) is 5.41 Å². The molecule has 0 radical (unpaired) electrons. The molecule has 0 aromatic heterocycles. The molecule has 3 nitrogen and oxygen atoms in total. The highest BCUT2D eigenvalue weighted by atomic mass is 32.2. The quantitative estimate of drug-likeness (QED) is 0.903. The normalized spacial score (nSPS) is 21.6. The van der Waals surface area contributed by atoms with Gasteiger partial charge in [0.1, 0.15) is 0 Å². The van der Waals surface area contributed by atoms with Crippen molar-refractivity contribution in [3.8, 4) is 0 Å². The van der Waals surface area contributed by atoms with Crippen LogP contribution in [-0.4, -0.2) is 22.7 Å². The molecule has 2 aliphatic rings. The number of hydrogen-bond donors (Lipinski definition) is 1. The summed E-state index contributed by atoms with van der Waals surface area (Å²) in [6.07, 6.45) is 2.47. The minimum absolute atomic E-state index is 0.198. The van der Waals surface area contributed by atoms with Gasteiger partial charge in [-0.2, -0.15) is 5.10 Å². The van der Waals surface area contributed by atoms with Gasteiger partial charge in [0.25, 0.3) is 0 Å². The standard InChI is InChI=1S/C16H21N3S/c1-16(2,3)12-6-4-11(5-7-12)14-10-20-15(19-18-14)17-13-8-9-13/h4-7,13H,8-10H2,1-3H3,(H,17,19). The van der Waals surface area contributed by atoms with Crippen molar-refractivity contribution >= 4 is 22.6 Å². The number of benzene rings is 1. The van der Waals surface area contributed by atoms with Gasteiger partial charge in [-0.1, -0.05) is 56.8 Å². The number of aliphatic imine (C=N–C) groups is 1. The number of hydrogen-bond acceptors (Lipinski definition) is 3. The molecule has 1 aliphatic carbocycles. The zero-order chi connectivity index (χ0) is 14.2. The fourth-order valence-electron chi connectivity index (χ4n) is 2.06. The third-order valence-electron chi connectivity index (χ3n) is 3.56. The molecule has 3 rings (SSSR count). The maximum atomic E-state index is 4.58. The van der Waals surface area contributed by atoms with Crippen LogP contribution in [0.1, 0.15) is 44.7 Å². The summed E-state index contributed by atoms with van der Waals surface area (Å²) in [5.74, 6) is 0.896. The molecule has 0 spiro atoms. The minimum atomic E-state index is 0.198. The molecule has 1 aromatic rings. The van der Waals surface area contributed by atoms with Gasteiger partial charge in [-0.25, -0.2) is 0 Å². The van der Waals surface area contributed by atoms with E-state index in [9.17, 15) is 0 Å². The van der Waals surface area contributed by atoms with Gasteiger partial charge >= 0.3 is 0 Å². The average molecular weight is 287 g/mol. The van der Waals surface area contributed by atoms with Crippen LogP contribution in [0, 0.1) is 0 Å². The van der Waals surface area contributed by atoms with Crippen molar-refractivity contribution in [3.05, 3.63) is 35.4 Å². The van der Waals surface area contributed by atoms with Crippen LogP contribution in [0.2, 0.25) is 0 Å². The Morgan fingerprint density at radius 3 is 2.40 bits per heavy atom. The maximum Gasteiger partial charge on any atom is 0.177 e. The lowest BCUT2D eigenvalue weighted by Gasteiger charge is -2.20. The van der Waals surface area contributed by atoms with Gasteiger partial charge in [-0.15, -0.1) is 0 Å². The average Bonchev–Trinajstić information content (AvgIpc) is 3.23. The molecular formula is C16H21N3S. The van der Waals surface area contributed by atoms with E-state index in [1.807, 2.05) is 0 Å². The van der Waals surface area contributed by atoms with Crippen LogP contribution in [0.5, 0.6) is 0 Å². The number of nitrogens with zero attached hydrogens (tertiary/aromatic N) is 2. The first kappa shape index (κ1) is 13.7. The largest absolute Gasteiger partial charge is 0.258 e. The summed E-state index contributed by atoms with van der Waals surface area (Å²) in [7, 11) is 0. The van der Waals surface area contributed by atoms with Gasteiger partial charge in [0.2, 0.25) is 0 Å². The zero-order valence-electron chi connectivity index (χ0n) is 12.3. The third-order valence-corrected chi connectivity index (χ3v) is 4.45. The lowest BCUT2D eigenvalue weighted by molar-refractivity contribution is 0.590. The number of nitrogens with one attached hydrogen (secondary N) is 1. The van der Waals surface area contributed by atoms with Crippen LogP contribution < -0.4 is 5.43 Å². The molecule has 20 heavy (non-hydrogen) atoms. The second-order valence-corrected chi connectivity index (χ2v) is 7.42. The van der Waals surface area contributed by atoms with Gasteiger partial charge in [0.15, 0.2) is 5.17 Å². The van der Waals surface area contributed by atoms with Crippen LogP contribution in [0.15, 0.2) is 34.4 Å². The Labute approximate surface area is 125 Å². The fraction of sp³-hybridized carbons (Fsp3) is 0.500. The number of rotatable bonds is 2. The minimum Gasteiger partial charge on any atom is -0.258 e. The van der Waals surface area contributed by atoms with Crippen molar-refractivity contribution in [3.63, 3.8) is 0 Å². The molecule has 1 aliphatic heterocycles. The molecule has 0 unspecified atom stereocenters. The summed E-state index contributed by atoms with van der Waals surface area (Å²) in [5, 5.41) is 5.44. The van der Waals surface area contributed by atoms with Gasteiger partial charge in [0.05, 0.1) is 11.8 Å². The van der Waals surface area contributed by atoms with Gasteiger partial charge < -0.3 is 0 Å². The van der Waals surface area contributed by atoms with E-state index >= 15 is 0 Å². The Balaban J connectivity index is 1.72. The van der Waals surface area contributed by atoms with Gasteiger partial charge in [0, 0.05) is 5.75 Å². The Hall–Kier alpha value is -1.29. The molecule has 0 saturated heterocycles. The lowest BCUT2D eigenvalue weighted by Crippen LogP contribution is -2.25. The molecule has 4 heteroatoms. The molecule has 106 valence electrons. The smallest absolute Gasteiger partial charge is 0.177 e. The monoisotopic (exact) mass is 287 g/mol. The summed E-state index contributed by atoms with van der Waals surface area (Å²) in [6.45, 7) is 6.70.